The van der Waals surface area contributed by atoms with E-state index in [2.05, 4.69) is 30.2 Å². The maximum absolute atomic E-state index is 5.77. The van der Waals surface area contributed by atoms with Crippen molar-refractivity contribution in [2.45, 2.75) is 39.2 Å². The SMILES string of the molecule is CNCc1cc(OCC2CC2)nc(C(C)C)c1. The van der Waals surface area contributed by atoms with Crippen LogP contribution in [0.15, 0.2) is 12.1 Å². The molecule has 17 heavy (non-hydrogen) atoms. The summed E-state index contributed by atoms with van der Waals surface area (Å²) in [5, 5.41) is 3.17. The van der Waals surface area contributed by atoms with Crippen LogP contribution in [0.25, 0.3) is 0 Å². The zero-order valence-corrected chi connectivity index (χ0v) is 11.0. The molecule has 0 aliphatic heterocycles. The number of hydrogen-bond acceptors (Lipinski definition) is 3. The van der Waals surface area contributed by atoms with Crippen molar-refractivity contribution in [3.05, 3.63) is 23.4 Å². The van der Waals surface area contributed by atoms with Crippen LogP contribution in [0.3, 0.4) is 0 Å². The Bertz CT molecular complexity index is 372. The highest BCUT2D eigenvalue weighted by molar-refractivity contribution is 5.26. The number of aromatic nitrogens is 1. The van der Waals surface area contributed by atoms with E-state index in [-0.39, 0.29) is 0 Å². The second kappa shape index (κ2) is 5.50. The highest BCUT2D eigenvalue weighted by Gasteiger charge is 2.22. The predicted octanol–water partition coefficient (Wildman–Crippen LogP) is 2.71. The monoisotopic (exact) mass is 234 g/mol. The number of pyridine rings is 1. The fourth-order valence-corrected chi connectivity index (χ4v) is 1.75. The summed E-state index contributed by atoms with van der Waals surface area (Å²) in [6, 6.07) is 4.20. The van der Waals surface area contributed by atoms with E-state index in [1.54, 1.807) is 0 Å². The van der Waals surface area contributed by atoms with E-state index in [0.29, 0.717) is 5.92 Å². The van der Waals surface area contributed by atoms with E-state index in [9.17, 15) is 0 Å². The van der Waals surface area contributed by atoms with Gasteiger partial charge in [0.1, 0.15) is 0 Å². The van der Waals surface area contributed by atoms with Crippen molar-refractivity contribution >= 4 is 0 Å². The largest absolute Gasteiger partial charge is 0.477 e. The number of nitrogens with one attached hydrogen (secondary N) is 1. The molecule has 2 rings (SSSR count). The third-order valence-electron chi connectivity index (χ3n) is 3.02. The highest BCUT2D eigenvalue weighted by Crippen LogP contribution is 2.29. The minimum Gasteiger partial charge on any atom is -0.477 e. The van der Waals surface area contributed by atoms with Crippen molar-refractivity contribution in [3.8, 4) is 5.88 Å². The van der Waals surface area contributed by atoms with Gasteiger partial charge in [0, 0.05) is 18.3 Å². The summed E-state index contributed by atoms with van der Waals surface area (Å²) < 4.78 is 5.77. The van der Waals surface area contributed by atoms with Gasteiger partial charge in [-0.25, -0.2) is 4.98 Å². The topological polar surface area (TPSA) is 34.1 Å². The van der Waals surface area contributed by atoms with E-state index in [0.717, 1.165) is 30.6 Å². The van der Waals surface area contributed by atoms with Crippen molar-refractivity contribution in [2.75, 3.05) is 13.7 Å². The standard InChI is InChI=1S/C14H22N2O/c1-10(2)13-6-12(8-15-3)7-14(16-13)17-9-11-4-5-11/h6-7,10-11,15H,4-5,8-9H2,1-3H3. The first-order valence-electron chi connectivity index (χ1n) is 6.47. The van der Waals surface area contributed by atoms with Crippen LogP contribution in [0.5, 0.6) is 5.88 Å². The summed E-state index contributed by atoms with van der Waals surface area (Å²) in [4.78, 5) is 4.56. The van der Waals surface area contributed by atoms with Crippen LogP contribution in [-0.2, 0) is 6.54 Å². The Labute approximate surface area is 104 Å². The van der Waals surface area contributed by atoms with Gasteiger partial charge in [0.05, 0.1) is 6.61 Å². The normalized spacial score (nSPS) is 15.3. The zero-order chi connectivity index (χ0) is 12.3. The lowest BCUT2D eigenvalue weighted by Gasteiger charge is -2.11. The van der Waals surface area contributed by atoms with Crippen LogP contribution >= 0.6 is 0 Å². The van der Waals surface area contributed by atoms with Crippen LogP contribution in [0.4, 0.5) is 0 Å². The number of nitrogens with zero attached hydrogens (tertiary/aromatic N) is 1. The molecule has 0 aromatic carbocycles. The minimum atomic E-state index is 0.440. The van der Waals surface area contributed by atoms with E-state index in [1.165, 1.54) is 18.4 Å². The summed E-state index contributed by atoms with van der Waals surface area (Å²) in [7, 11) is 1.96. The lowest BCUT2D eigenvalue weighted by molar-refractivity contribution is 0.287. The Morgan fingerprint density at radius 2 is 2.18 bits per heavy atom. The summed E-state index contributed by atoms with van der Waals surface area (Å²) in [5.74, 6) is 2.00. The van der Waals surface area contributed by atoms with Crippen molar-refractivity contribution in [2.24, 2.45) is 5.92 Å². The molecule has 0 saturated heterocycles. The van der Waals surface area contributed by atoms with Gasteiger partial charge in [0.2, 0.25) is 5.88 Å². The third kappa shape index (κ3) is 3.70. The number of hydrogen-bond donors (Lipinski definition) is 1. The molecule has 0 amide bonds. The molecule has 1 N–H and O–H groups in total. The molecule has 1 aliphatic rings. The molecule has 1 saturated carbocycles. The van der Waals surface area contributed by atoms with Crippen LogP contribution in [0.2, 0.25) is 0 Å². The van der Waals surface area contributed by atoms with Gasteiger partial charge in [-0.1, -0.05) is 13.8 Å². The molecule has 0 unspecified atom stereocenters. The second-order valence-electron chi connectivity index (χ2n) is 5.18. The van der Waals surface area contributed by atoms with Crippen molar-refractivity contribution < 1.29 is 4.74 Å². The van der Waals surface area contributed by atoms with Crippen LogP contribution in [0.1, 0.15) is 43.9 Å². The summed E-state index contributed by atoms with van der Waals surface area (Å²) >= 11 is 0. The Balaban J connectivity index is 2.10. The first-order valence-corrected chi connectivity index (χ1v) is 6.47. The third-order valence-corrected chi connectivity index (χ3v) is 3.02. The van der Waals surface area contributed by atoms with E-state index < -0.39 is 0 Å². The van der Waals surface area contributed by atoms with Crippen LogP contribution in [0, 0.1) is 5.92 Å². The maximum atomic E-state index is 5.77. The average Bonchev–Trinajstić information content (AvgIpc) is 3.10. The summed E-state index contributed by atoms with van der Waals surface area (Å²) in [6.07, 6.45) is 2.63. The van der Waals surface area contributed by atoms with Gasteiger partial charge in [0.15, 0.2) is 0 Å². The quantitative estimate of drug-likeness (QED) is 0.821. The molecular weight excluding hydrogens is 212 g/mol. The first-order chi connectivity index (χ1) is 8.19. The molecular formula is C14H22N2O. The van der Waals surface area contributed by atoms with Crippen LogP contribution < -0.4 is 10.1 Å². The number of rotatable bonds is 6. The Kier molecular flexibility index (Phi) is 4.00. The van der Waals surface area contributed by atoms with Crippen molar-refractivity contribution in [3.63, 3.8) is 0 Å². The zero-order valence-electron chi connectivity index (χ0n) is 11.0. The minimum absolute atomic E-state index is 0.440. The molecule has 1 fully saturated rings. The highest BCUT2D eigenvalue weighted by atomic mass is 16.5. The number of ether oxygens (including phenoxy) is 1. The van der Waals surface area contributed by atoms with Crippen molar-refractivity contribution in [1.82, 2.24) is 10.3 Å². The van der Waals surface area contributed by atoms with Gasteiger partial charge in [-0.3, -0.25) is 0 Å². The molecule has 94 valence electrons. The average molecular weight is 234 g/mol. The van der Waals surface area contributed by atoms with Gasteiger partial charge < -0.3 is 10.1 Å². The lowest BCUT2D eigenvalue weighted by atomic mass is 10.1. The van der Waals surface area contributed by atoms with Gasteiger partial charge in [-0.15, -0.1) is 0 Å². The molecule has 1 aromatic heterocycles. The van der Waals surface area contributed by atoms with E-state index in [1.807, 2.05) is 13.1 Å². The lowest BCUT2D eigenvalue weighted by Crippen LogP contribution is -2.08. The molecule has 3 heteroatoms. The first kappa shape index (κ1) is 12.4. The smallest absolute Gasteiger partial charge is 0.213 e. The summed E-state index contributed by atoms with van der Waals surface area (Å²) in [5.41, 5.74) is 2.36. The molecule has 1 heterocycles. The molecule has 1 aromatic rings. The Morgan fingerprint density at radius 3 is 2.76 bits per heavy atom. The molecule has 0 atom stereocenters. The van der Waals surface area contributed by atoms with Crippen molar-refractivity contribution in [1.29, 1.82) is 0 Å². The predicted molar refractivity (Wildman–Crippen MR) is 69.3 cm³/mol. The molecule has 3 nitrogen and oxygen atoms in total. The van der Waals surface area contributed by atoms with Gasteiger partial charge in [-0.2, -0.15) is 0 Å². The molecule has 0 spiro atoms. The van der Waals surface area contributed by atoms with E-state index >= 15 is 0 Å². The Morgan fingerprint density at radius 1 is 1.41 bits per heavy atom. The van der Waals surface area contributed by atoms with E-state index in [4.69, 9.17) is 4.74 Å². The second-order valence-corrected chi connectivity index (χ2v) is 5.18. The fourth-order valence-electron chi connectivity index (χ4n) is 1.75. The maximum Gasteiger partial charge on any atom is 0.213 e. The molecule has 0 bridgehead atoms. The summed E-state index contributed by atoms with van der Waals surface area (Å²) in [6.45, 7) is 6.02. The fraction of sp³-hybridized carbons (Fsp3) is 0.643. The van der Waals surface area contributed by atoms with Crippen LogP contribution in [-0.4, -0.2) is 18.6 Å². The molecule has 1 aliphatic carbocycles. The molecule has 0 radical (unpaired) electrons. The van der Waals surface area contributed by atoms with Gasteiger partial charge in [0.25, 0.3) is 0 Å². The van der Waals surface area contributed by atoms with Gasteiger partial charge >= 0.3 is 0 Å². The Hall–Kier alpha value is -1.09. The van der Waals surface area contributed by atoms with Gasteiger partial charge in [-0.05, 0) is 43.4 Å².